The SMILES string of the molecule is CCCCCN1C(=O)S/C(=C\c2ccc(N3CCCC3)c(C)c2)C1=O. The number of hydrogen-bond acceptors (Lipinski definition) is 4. The molecule has 2 fully saturated rings. The molecule has 3 rings (SSSR count). The Labute approximate surface area is 154 Å². The van der Waals surface area contributed by atoms with Crippen LogP contribution in [0.2, 0.25) is 0 Å². The first-order valence-electron chi connectivity index (χ1n) is 9.21. The standard InChI is InChI=1S/C20H26N2O2S/c1-3-4-5-12-22-19(23)18(25-20(22)24)14-16-8-9-17(15(2)13-16)21-10-6-7-11-21/h8-9,13-14H,3-7,10-12H2,1-2H3/b18-14-. The van der Waals surface area contributed by atoms with Crippen molar-refractivity contribution < 1.29 is 9.59 Å². The molecular formula is C20H26N2O2S. The van der Waals surface area contributed by atoms with E-state index in [0.717, 1.165) is 49.7 Å². The van der Waals surface area contributed by atoms with Gasteiger partial charge in [-0.3, -0.25) is 14.5 Å². The zero-order valence-electron chi connectivity index (χ0n) is 15.1. The van der Waals surface area contributed by atoms with Gasteiger partial charge in [-0.05, 0) is 67.3 Å². The molecule has 25 heavy (non-hydrogen) atoms. The number of nitrogens with zero attached hydrogens (tertiary/aromatic N) is 2. The molecule has 0 bridgehead atoms. The van der Waals surface area contributed by atoms with Crippen molar-refractivity contribution >= 4 is 34.7 Å². The Morgan fingerprint density at radius 2 is 1.92 bits per heavy atom. The summed E-state index contributed by atoms with van der Waals surface area (Å²) in [6, 6.07) is 6.29. The molecule has 2 amide bonds. The van der Waals surface area contributed by atoms with Crippen molar-refractivity contribution in [3.8, 4) is 0 Å². The molecule has 1 aromatic carbocycles. The number of hydrogen-bond donors (Lipinski definition) is 0. The van der Waals surface area contributed by atoms with Crippen LogP contribution in [0.25, 0.3) is 6.08 Å². The fraction of sp³-hybridized carbons (Fsp3) is 0.500. The maximum atomic E-state index is 12.5. The predicted molar refractivity (Wildman–Crippen MR) is 105 cm³/mol. The van der Waals surface area contributed by atoms with Crippen LogP contribution in [0.4, 0.5) is 10.5 Å². The van der Waals surface area contributed by atoms with E-state index in [1.807, 2.05) is 12.1 Å². The van der Waals surface area contributed by atoms with E-state index in [-0.39, 0.29) is 11.1 Å². The van der Waals surface area contributed by atoms with Crippen LogP contribution in [0.15, 0.2) is 23.1 Å². The Hall–Kier alpha value is -1.75. The molecule has 0 N–H and O–H groups in total. The van der Waals surface area contributed by atoms with E-state index in [1.54, 1.807) is 0 Å². The first-order valence-corrected chi connectivity index (χ1v) is 10.0. The molecule has 4 nitrogen and oxygen atoms in total. The molecule has 0 unspecified atom stereocenters. The molecule has 1 aromatic rings. The molecule has 5 heteroatoms. The van der Waals surface area contributed by atoms with Crippen LogP contribution in [0.3, 0.4) is 0 Å². The van der Waals surface area contributed by atoms with Gasteiger partial charge in [0.1, 0.15) is 0 Å². The Balaban J connectivity index is 1.73. The molecule has 2 aliphatic heterocycles. The van der Waals surface area contributed by atoms with Gasteiger partial charge < -0.3 is 4.90 Å². The highest BCUT2D eigenvalue weighted by atomic mass is 32.2. The second kappa shape index (κ2) is 8.09. The monoisotopic (exact) mass is 358 g/mol. The van der Waals surface area contributed by atoms with Crippen LogP contribution < -0.4 is 4.90 Å². The van der Waals surface area contributed by atoms with Crippen molar-refractivity contribution in [1.29, 1.82) is 0 Å². The lowest BCUT2D eigenvalue weighted by atomic mass is 10.1. The van der Waals surface area contributed by atoms with Gasteiger partial charge in [0.25, 0.3) is 11.1 Å². The summed E-state index contributed by atoms with van der Waals surface area (Å²) in [6.45, 7) is 7.00. The summed E-state index contributed by atoms with van der Waals surface area (Å²) in [4.78, 5) is 28.9. The first-order chi connectivity index (χ1) is 12.1. The lowest BCUT2D eigenvalue weighted by Gasteiger charge is -2.20. The van der Waals surface area contributed by atoms with Crippen molar-refractivity contribution in [3.63, 3.8) is 0 Å². The highest BCUT2D eigenvalue weighted by Crippen LogP contribution is 2.33. The molecule has 134 valence electrons. The number of amides is 2. The summed E-state index contributed by atoms with van der Waals surface area (Å²) < 4.78 is 0. The van der Waals surface area contributed by atoms with E-state index in [4.69, 9.17) is 0 Å². The number of carbonyl (C=O) groups excluding carboxylic acids is 2. The lowest BCUT2D eigenvalue weighted by molar-refractivity contribution is -0.122. The van der Waals surface area contributed by atoms with Crippen molar-refractivity contribution in [2.45, 2.75) is 46.0 Å². The number of benzene rings is 1. The molecular weight excluding hydrogens is 332 g/mol. The number of thioether (sulfide) groups is 1. The molecule has 0 saturated carbocycles. The van der Waals surface area contributed by atoms with Crippen molar-refractivity contribution in [2.75, 3.05) is 24.5 Å². The molecule has 0 aromatic heterocycles. The van der Waals surface area contributed by atoms with Gasteiger partial charge in [-0.1, -0.05) is 25.8 Å². The normalized spacial score (nSPS) is 19.5. The third kappa shape index (κ3) is 4.09. The third-order valence-corrected chi connectivity index (χ3v) is 5.73. The number of rotatable bonds is 6. The van der Waals surface area contributed by atoms with Gasteiger partial charge in [0.2, 0.25) is 0 Å². The Morgan fingerprint density at radius 3 is 2.60 bits per heavy atom. The maximum Gasteiger partial charge on any atom is 0.293 e. The summed E-state index contributed by atoms with van der Waals surface area (Å²) >= 11 is 1.06. The van der Waals surface area contributed by atoms with Crippen molar-refractivity contribution in [3.05, 3.63) is 34.2 Å². The summed E-state index contributed by atoms with van der Waals surface area (Å²) in [5.41, 5.74) is 3.49. The van der Waals surface area contributed by atoms with Gasteiger partial charge in [0.15, 0.2) is 0 Å². The molecule has 0 atom stereocenters. The number of aryl methyl sites for hydroxylation is 1. The van der Waals surface area contributed by atoms with E-state index < -0.39 is 0 Å². The van der Waals surface area contributed by atoms with Crippen molar-refractivity contribution in [1.82, 2.24) is 4.90 Å². The average Bonchev–Trinajstić information content (AvgIpc) is 3.19. The van der Waals surface area contributed by atoms with Gasteiger partial charge in [-0.2, -0.15) is 0 Å². The minimum absolute atomic E-state index is 0.141. The number of carbonyl (C=O) groups is 2. The summed E-state index contributed by atoms with van der Waals surface area (Å²) in [7, 11) is 0. The van der Waals surface area contributed by atoms with E-state index in [1.165, 1.54) is 29.0 Å². The first kappa shape index (κ1) is 18.1. The third-order valence-electron chi connectivity index (χ3n) is 4.82. The predicted octanol–water partition coefficient (Wildman–Crippen LogP) is 4.82. The van der Waals surface area contributed by atoms with Gasteiger partial charge in [-0.15, -0.1) is 0 Å². The molecule has 2 aliphatic rings. The van der Waals surface area contributed by atoms with Gasteiger partial charge in [0.05, 0.1) is 4.91 Å². The minimum atomic E-state index is -0.146. The highest BCUT2D eigenvalue weighted by Gasteiger charge is 2.34. The average molecular weight is 359 g/mol. The highest BCUT2D eigenvalue weighted by molar-refractivity contribution is 8.18. The summed E-state index contributed by atoms with van der Waals surface area (Å²) in [5.74, 6) is -0.146. The summed E-state index contributed by atoms with van der Waals surface area (Å²) in [6.07, 6.45) is 7.36. The maximum absolute atomic E-state index is 12.5. The Morgan fingerprint density at radius 1 is 1.16 bits per heavy atom. The van der Waals surface area contributed by atoms with E-state index in [2.05, 4.69) is 30.9 Å². The van der Waals surface area contributed by atoms with Crippen LogP contribution in [0, 0.1) is 6.92 Å². The largest absolute Gasteiger partial charge is 0.371 e. The summed E-state index contributed by atoms with van der Waals surface area (Å²) in [5, 5.41) is -0.141. The van der Waals surface area contributed by atoms with Crippen LogP contribution in [0.5, 0.6) is 0 Å². The quantitative estimate of drug-likeness (QED) is 0.540. The number of anilines is 1. The van der Waals surface area contributed by atoms with Crippen LogP contribution >= 0.6 is 11.8 Å². The second-order valence-corrected chi connectivity index (χ2v) is 7.77. The van der Waals surface area contributed by atoms with Gasteiger partial charge >= 0.3 is 0 Å². The molecule has 0 aliphatic carbocycles. The van der Waals surface area contributed by atoms with Crippen LogP contribution in [0.1, 0.15) is 50.2 Å². The fourth-order valence-corrected chi connectivity index (χ4v) is 4.31. The van der Waals surface area contributed by atoms with Crippen molar-refractivity contribution in [2.24, 2.45) is 0 Å². The molecule has 0 radical (unpaired) electrons. The van der Waals surface area contributed by atoms with Crippen LogP contribution in [-0.2, 0) is 4.79 Å². The zero-order chi connectivity index (χ0) is 17.8. The zero-order valence-corrected chi connectivity index (χ0v) is 15.9. The fourth-order valence-electron chi connectivity index (χ4n) is 3.45. The number of unbranched alkanes of at least 4 members (excludes halogenated alkanes) is 2. The van der Waals surface area contributed by atoms with Gasteiger partial charge in [0, 0.05) is 25.3 Å². The number of imide groups is 1. The minimum Gasteiger partial charge on any atom is -0.371 e. The smallest absolute Gasteiger partial charge is 0.293 e. The molecule has 2 heterocycles. The molecule has 2 saturated heterocycles. The van der Waals surface area contributed by atoms with Crippen LogP contribution in [-0.4, -0.2) is 35.7 Å². The lowest BCUT2D eigenvalue weighted by Crippen LogP contribution is -2.29. The molecule has 0 spiro atoms. The van der Waals surface area contributed by atoms with Gasteiger partial charge in [-0.25, -0.2) is 0 Å². The van der Waals surface area contributed by atoms with E-state index in [9.17, 15) is 9.59 Å². The Kier molecular flexibility index (Phi) is 5.84. The Bertz CT molecular complexity index is 693. The second-order valence-electron chi connectivity index (χ2n) is 6.78. The topological polar surface area (TPSA) is 40.6 Å². The van der Waals surface area contributed by atoms with E-state index in [0.29, 0.717) is 11.4 Å². The van der Waals surface area contributed by atoms with E-state index >= 15 is 0 Å².